The van der Waals surface area contributed by atoms with Gasteiger partial charge in [-0.15, -0.1) is 0 Å². The Morgan fingerprint density at radius 3 is 2.57 bits per heavy atom. The molecule has 2 atom stereocenters. The summed E-state index contributed by atoms with van der Waals surface area (Å²) in [6.07, 6.45) is -0.733. The van der Waals surface area contributed by atoms with Crippen LogP contribution in [0.1, 0.15) is 25.5 Å². The SMILES string of the molecule is CN1CCN(C2C(O)c3cc(F)ccc3OC2(C)C)CC1. The van der Waals surface area contributed by atoms with Crippen LogP contribution in [0.3, 0.4) is 0 Å². The van der Waals surface area contributed by atoms with Crippen molar-refractivity contribution < 1.29 is 14.2 Å². The topological polar surface area (TPSA) is 35.9 Å². The van der Waals surface area contributed by atoms with E-state index in [0.29, 0.717) is 11.3 Å². The molecular weight excluding hydrogens is 271 g/mol. The number of halogens is 1. The standard InChI is InChI=1S/C16H23FN2O2/c1-16(2)15(19-8-6-18(3)7-9-19)14(20)12-10-11(17)4-5-13(12)21-16/h4-5,10,14-15,20H,6-9H2,1-3H3. The molecule has 1 N–H and O–H groups in total. The average Bonchev–Trinajstić information content (AvgIpc) is 2.41. The molecule has 2 heterocycles. The fourth-order valence-electron chi connectivity index (χ4n) is 3.48. The lowest BCUT2D eigenvalue weighted by atomic mass is 9.84. The van der Waals surface area contributed by atoms with Gasteiger partial charge in [-0.3, -0.25) is 4.90 Å². The number of benzene rings is 1. The van der Waals surface area contributed by atoms with Crippen molar-refractivity contribution >= 4 is 0 Å². The Morgan fingerprint density at radius 1 is 1.24 bits per heavy atom. The largest absolute Gasteiger partial charge is 0.486 e. The summed E-state index contributed by atoms with van der Waals surface area (Å²) in [6, 6.07) is 4.20. The van der Waals surface area contributed by atoms with Crippen LogP contribution in [0, 0.1) is 5.82 Å². The molecule has 4 nitrogen and oxygen atoms in total. The van der Waals surface area contributed by atoms with E-state index in [-0.39, 0.29) is 11.9 Å². The monoisotopic (exact) mass is 294 g/mol. The fourth-order valence-corrected chi connectivity index (χ4v) is 3.48. The first-order chi connectivity index (χ1) is 9.88. The lowest BCUT2D eigenvalue weighted by molar-refractivity contribution is -0.0920. The molecule has 0 spiro atoms. The molecule has 0 saturated carbocycles. The fraction of sp³-hybridized carbons (Fsp3) is 0.625. The third-order valence-corrected chi connectivity index (χ3v) is 4.61. The number of fused-ring (bicyclic) bond motifs is 1. The molecular formula is C16H23FN2O2. The highest BCUT2D eigenvalue weighted by atomic mass is 19.1. The van der Waals surface area contributed by atoms with Crippen LogP contribution in [0.4, 0.5) is 4.39 Å². The van der Waals surface area contributed by atoms with Crippen LogP contribution in [-0.2, 0) is 0 Å². The van der Waals surface area contributed by atoms with E-state index in [4.69, 9.17) is 4.74 Å². The van der Waals surface area contributed by atoms with E-state index in [0.717, 1.165) is 26.2 Å². The Hall–Kier alpha value is -1.17. The highest BCUT2D eigenvalue weighted by Crippen LogP contribution is 2.42. The molecule has 0 amide bonds. The van der Waals surface area contributed by atoms with Crippen LogP contribution in [-0.4, -0.2) is 59.8 Å². The highest BCUT2D eigenvalue weighted by molar-refractivity contribution is 5.40. The van der Waals surface area contributed by atoms with Crippen molar-refractivity contribution in [3.05, 3.63) is 29.6 Å². The molecule has 0 aromatic heterocycles. The van der Waals surface area contributed by atoms with E-state index >= 15 is 0 Å². The first kappa shape index (κ1) is 14.8. The maximum absolute atomic E-state index is 13.5. The quantitative estimate of drug-likeness (QED) is 0.854. The summed E-state index contributed by atoms with van der Waals surface area (Å²) in [5, 5.41) is 10.8. The minimum absolute atomic E-state index is 0.166. The molecule has 0 radical (unpaired) electrons. The van der Waals surface area contributed by atoms with Crippen molar-refractivity contribution in [2.24, 2.45) is 0 Å². The maximum Gasteiger partial charge on any atom is 0.126 e. The summed E-state index contributed by atoms with van der Waals surface area (Å²) in [7, 11) is 2.10. The van der Waals surface area contributed by atoms with Crippen LogP contribution >= 0.6 is 0 Å². The number of aliphatic hydroxyl groups is 1. The number of rotatable bonds is 1. The number of nitrogens with zero attached hydrogens (tertiary/aromatic N) is 2. The van der Waals surface area contributed by atoms with Gasteiger partial charge >= 0.3 is 0 Å². The minimum Gasteiger partial charge on any atom is -0.486 e. The molecule has 1 fully saturated rings. The zero-order valence-electron chi connectivity index (χ0n) is 12.8. The van der Waals surface area contributed by atoms with E-state index in [1.165, 1.54) is 12.1 Å². The van der Waals surface area contributed by atoms with E-state index in [2.05, 4.69) is 16.8 Å². The highest BCUT2D eigenvalue weighted by Gasteiger charge is 2.46. The second kappa shape index (κ2) is 5.23. The van der Waals surface area contributed by atoms with Gasteiger partial charge in [0, 0.05) is 31.7 Å². The number of hydrogen-bond donors (Lipinski definition) is 1. The molecule has 21 heavy (non-hydrogen) atoms. The zero-order chi connectivity index (χ0) is 15.2. The van der Waals surface area contributed by atoms with Gasteiger partial charge in [0.05, 0.1) is 6.04 Å². The van der Waals surface area contributed by atoms with Crippen LogP contribution in [0.15, 0.2) is 18.2 Å². The molecule has 0 bridgehead atoms. The first-order valence-electron chi connectivity index (χ1n) is 7.47. The van der Waals surface area contributed by atoms with E-state index in [9.17, 15) is 9.50 Å². The van der Waals surface area contributed by atoms with Gasteiger partial charge in [0.2, 0.25) is 0 Å². The molecule has 1 aromatic rings. The molecule has 2 unspecified atom stereocenters. The molecule has 5 heteroatoms. The summed E-state index contributed by atoms with van der Waals surface area (Å²) in [6.45, 7) is 7.69. The summed E-state index contributed by atoms with van der Waals surface area (Å²) >= 11 is 0. The van der Waals surface area contributed by atoms with E-state index in [1.54, 1.807) is 6.07 Å². The summed E-state index contributed by atoms with van der Waals surface area (Å²) in [5.74, 6) is 0.243. The summed E-state index contributed by atoms with van der Waals surface area (Å²) in [5.41, 5.74) is 0.0402. The molecule has 2 aliphatic rings. The molecule has 3 rings (SSSR count). The predicted molar refractivity (Wildman–Crippen MR) is 78.9 cm³/mol. The lowest BCUT2D eigenvalue weighted by Crippen LogP contribution is -2.61. The molecule has 1 saturated heterocycles. The molecule has 1 aromatic carbocycles. The van der Waals surface area contributed by atoms with Crippen molar-refractivity contribution in [3.63, 3.8) is 0 Å². The van der Waals surface area contributed by atoms with Gasteiger partial charge in [0.1, 0.15) is 23.3 Å². The number of hydrogen-bond acceptors (Lipinski definition) is 4. The Balaban J connectivity index is 1.93. The van der Waals surface area contributed by atoms with Gasteiger partial charge < -0.3 is 14.7 Å². The van der Waals surface area contributed by atoms with Crippen molar-refractivity contribution in [3.8, 4) is 5.75 Å². The lowest BCUT2D eigenvalue weighted by Gasteiger charge is -2.50. The Bertz CT molecular complexity index is 527. The van der Waals surface area contributed by atoms with E-state index in [1.807, 2.05) is 13.8 Å². The second-order valence-corrected chi connectivity index (χ2v) is 6.62. The van der Waals surface area contributed by atoms with Gasteiger partial charge in [-0.05, 0) is 39.1 Å². The van der Waals surface area contributed by atoms with Gasteiger partial charge in [0.15, 0.2) is 0 Å². The third-order valence-electron chi connectivity index (χ3n) is 4.61. The third kappa shape index (κ3) is 2.65. The number of likely N-dealkylation sites (N-methyl/N-ethyl adjacent to an activating group) is 1. The van der Waals surface area contributed by atoms with Gasteiger partial charge in [-0.25, -0.2) is 4.39 Å². The number of ether oxygens (including phenoxy) is 1. The van der Waals surface area contributed by atoms with Crippen LogP contribution in [0.2, 0.25) is 0 Å². The predicted octanol–water partition coefficient (Wildman–Crippen LogP) is 1.65. The van der Waals surface area contributed by atoms with E-state index < -0.39 is 11.7 Å². The Labute approximate surface area is 125 Å². The average molecular weight is 294 g/mol. The van der Waals surface area contributed by atoms with Crippen LogP contribution < -0.4 is 4.74 Å². The zero-order valence-corrected chi connectivity index (χ0v) is 12.8. The van der Waals surface area contributed by atoms with Gasteiger partial charge in [0.25, 0.3) is 0 Å². The molecule has 116 valence electrons. The van der Waals surface area contributed by atoms with Crippen molar-refractivity contribution in [1.82, 2.24) is 9.80 Å². The summed E-state index contributed by atoms with van der Waals surface area (Å²) < 4.78 is 19.5. The Kier molecular flexibility index (Phi) is 3.67. The molecule has 0 aliphatic carbocycles. The van der Waals surface area contributed by atoms with Crippen molar-refractivity contribution in [2.45, 2.75) is 31.6 Å². The van der Waals surface area contributed by atoms with Crippen LogP contribution in [0.5, 0.6) is 5.75 Å². The number of aliphatic hydroxyl groups excluding tert-OH is 1. The minimum atomic E-state index is -0.733. The van der Waals surface area contributed by atoms with Crippen LogP contribution in [0.25, 0.3) is 0 Å². The molecule has 2 aliphatic heterocycles. The number of piperazine rings is 1. The normalized spacial score (nSPS) is 29.8. The first-order valence-corrected chi connectivity index (χ1v) is 7.47. The maximum atomic E-state index is 13.5. The van der Waals surface area contributed by atoms with Crippen molar-refractivity contribution in [1.29, 1.82) is 0 Å². The Morgan fingerprint density at radius 2 is 1.90 bits per heavy atom. The summed E-state index contributed by atoms with van der Waals surface area (Å²) in [4.78, 5) is 4.53. The second-order valence-electron chi connectivity index (χ2n) is 6.62. The van der Waals surface area contributed by atoms with Gasteiger partial charge in [-0.2, -0.15) is 0 Å². The smallest absolute Gasteiger partial charge is 0.126 e. The van der Waals surface area contributed by atoms with Crippen molar-refractivity contribution in [2.75, 3.05) is 33.2 Å². The van der Waals surface area contributed by atoms with Gasteiger partial charge in [-0.1, -0.05) is 0 Å².